The second-order valence-electron chi connectivity index (χ2n) is 6.85. The van der Waals surface area contributed by atoms with E-state index in [1.807, 2.05) is 53.4 Å². The van der Waals surface area contributed by atoms with E-state index >= 15 is 0 Å². The minimum absolute atomic E-state index is 0.0168. The highest BCUT2D eigenvalue weighted by Gasteiger charge is 2.24. The highest BCUT2D eigenvalue weighted by atomic mass is 16.5. The number of carbonyl (C=O) groups excluding carboxylic acids is 2. The van der Waals surface area contributed by atoms with E-state index in [1.165, 1.54) is 0 Å². The van der Waals surface area contributed by atoms with Crippen LogP contribution in [0.25, 0.3) is 0 Å². The van der Waals surface area contributed by atoms with Crippen LogP contribution in [0.1, 0.15) is 25.3 Å². The predicted octanol–water partition coefficient (Wildman–Crippen LogP) is 3.41. The number of hydrogen-bond acceptors (Lipinski definition) is 4. The molecule has 0 aromatic heterocycles. The first-order valence-corrected chi connectivity index (χ1v) is 9.47. The van der Waals surface area contributed by atoms with Crippen LogP contribution < -0.4 is 15.0 Å². The number of carbonyl (C=O) groups is 2. The lowest BCUT2D eigenvalue weighted by Gasteiger charge is -2.33. The van der Waals surface area contributed by atoms with Gasteiger partial charge in [0.25, 0.3) is 0 Å². The van der Waals surface area contributed by atoms with E-state index in [1.54, 1.807) is 14.0 Å². The summed E-state index contributed by atoms with van der Waals surface area (Å²) in [6.07, 6.45) is 1.95. The SMILES string of the molecule is COc1ccc(CC(=O)Nc2ccc(N(C(C)=O)C3CCOCC3)cc2)cc1. The molecule has 148 valence electrons. The van der Waals surface area contributed by atoms with Crippen LogP contribution in [0.2, 0.25) is 0 Å². The van der Waals surface area contributed by atoms with Gasteiger partial charge in [0.05, 0.1) is 13.5 Å². The van der Waals surface area contributed by atoms with E-state index in [0.717, 1.165) is 29.8 Å². The summed E-state index contributed by atoms with van der Waals surface area (Å²) in [5, 5.41) is 2.90. The standard InChI is InChI=1S/C22H26N2O4/c1-16(25)24(20-11-13-28-14-12-20)19-7-5-18(6-8-19)23-22(26)15-17-3-9-21(27-2)10-4-17/h3-10,20H,11-15H2,1-2H3,(H,23,26). The van der Waals surface area contributed by atoms with Gasteiger partial charge >= 0.3 is 0 Å². The number of rotatable bonds is 6. The van der Waals surface area contributed by atoms with Gasteiger partial charge in [-0.2, -0.15) is 0 Å². The molecular weight excluding hydrogens is 356 g/mol. The third-order valence-corrected chi connectivity index (χ3v) is 4.85. The Morgan fingerprint density at radius 3 is 2.29 bits per heavy atom. The van der Waals surface area contributed by atoms with Gasteiger partial charge in [-0.15, -0.1) is 0 Å². The summed E-state index contributed by atoms with van der Waals surface area (Å²) in [6, 6.07) is 15.0. The number of nitrogens with zero attached hydrogens (tertiary/aromatic N) is 1. The van der Waals surface area contributed by atoms with Crippen LogP contribution in [0.15, 0.2) is 48.5 Å². The zero-order chi connectivity index (χ0) is 19.9. The van der Waals surface area contributed by atoms with Gasteiger partial charge in [-0.05, 0) is 54.8 Å². The van der Waals surface area contributed by atoms with E-state index < -0.39 is 0 Å². The predicted molar refractivity (Wildman–Crippen MR) is 109 cm³/mol. The van der Waals surface area contributed by atoms with Crippen molar-refractivity contribution in [2.45, 2.75) is 32.2 Å². The molecule has 28 heavy (non-hydrogen) atoms. The van der Waals surface area contributed by atoms with Crippen LogP contribution in [0.5, 0.6) is 5.75 Å². The molecule has 0 atom stereocenters. The van der Waals surface area contributed by atoms with Gasteiger partial charge in [0.15, 0.2) is 0 Å². The first-order valence-electron chi connectivity index (χ1n) is 9.47. The van der Waals surface area contributed by atoms with Crippen molar-refractivity contribution in [2.75, 3.05) is 30.5 Å². The second kappa shape index (κ2) is 9.37. The highest BCUT2D eigenvalue weighted by Crippen LogP contribution is 2.25. The smallest absolute Gasteiger partial charge is 0.228 e. The maximum atomic E-state index is 12.3. The molecule has 6 nitrogen and oxygen atoms in total. The number of methoxy groups -OCH3 is 1. The first kappa shape index (κ1) is 19.9. The fourth-order valence-corrected chi connectivity index (χ4v) is 3.43. The minimum atomic E-state index is -0.0919. The lowest BCUT2D eigenvalue weighted by atomic mass is 10.1. The first-order chi connectivity index (χ1) is 13.6. The van der Waals surface area contributed by atoms with Gasteiger partial charge in [-0.3, -0.25) is 9.59 Å². The summed E-state index contributed by atoms with van der Waals surface area (Å²) in [5.74, 6) is 0.688. The fourth-order valence-electron chi connectivity index (χ4n) is 3.43. The van der Waals surface area contributed by atoms with Crippen LogP contribution in [-0.4, -0.2) is 38.2 Å². The Labute approximate surface area is 165 Å². The molecule has 0 bridgehead atoms. The van der Waals surface area contributed by atoms with Gasteiger partial charge in [-0.1, -0.05) is 12.1 Å². The third-order valence-electron chi connectivity index (χ3n) is 4.85. The molecule has 1 fully saturated rings. The number of amides is 2. The third kappa shape index (κ3) is 5.10. The molecule has 1 heterocycles. The van der Waals surface area contributed by atoms with Crippen LogP contribution in [0.3, 0.4) is 0 Å². The largest absolute Gasteiger partial charge is 0.497 e. The van der Waals surface area contributed by atoms with Crippen LogP contribution in [0.4, 0.5) is 11.4 Å². The Kier molecular flexibility index (Phi) is 6.66. The van der Waals surface area contributed by atoms with E-state index in [0.29, 0.717) is 18.9 Å². The van der Waals surface area contributed by atoms with Gasteiger partial charge in [-0.25, -0.2) is 0 Å². The number of hydrogen-bond donors (Lipinski definition) is 1. The molecule has 0 spiro atoms. The topological polar surface area (TPSA) is 67.9 Å². The lowest BCUT2D eigenvalue weighted by molar-refractivity contribution is -0.117. The molecule has 6 heteroatoms. The molecule has 0 radical (unpaired) electrons. The molecule has 2 aromatic rings. The molecule has 3 rings (SSSR count). The molecule has 2 aromatic carbocycles. The normalized spacial score (nSPS) is 14.4. The monoisotopic (exact) mass is 382 g/mol. The molecule has 0 aliphatic carbocycles. The Hall–Kier alpha value is -2.86. The van der Waals surface area contributed by atoms with Gasteiger partial charge < -0.3 is 19.7 Å². The molecule has 2 amide bonds. The lowest BCUT2D eigenvalue weighted by Crippen LogP contribution is -2.42. The number of nitrogens with one attached hydrogen (secondary N) is 1. The molecule has 1 aliphatic rings. The number of ether oxygens (including phenoxy) is 2. The summed E-state index contributed by atoms with van der Waals surface area (Å²) in [5.41, 5.74) is 2.46. The molecule has 1 aliphatic heterocycles. The summed E-state index contributed by atoms with van der Waals surface area (Å²) in [6.45, 7) is 2.93. The average Bonchev–Trinajstić information content (AvgIpc) is 2.70. The summed E-state index contributed by atoms with van der Waals surface area (Å²) < 4.78 is 10.5. The van der Waals surface area contributed by atoms with Crippen LogP contribution in [-0.2, 0) is 20.7 Å². The molecular formula is C22H26N2O4. The molecule has 0 unspecified atom stereocenters. The van der Waals surface area contributed by atoms with Crippen molar-refractivity contribution in [3.8, 4) is 5.75 Å². The molecule has 1 saturated heterocycles. The van der Waals surface area contributed by atoms with Gasteiger partial charge in [0.2, 0.25) is 11.8 Å². The molecule has 1 N–H and O–H groups in total. The zero-order valence-corrected chi connectivity index (χ0v) is 16.3. The maximum absolute atomic E-state index is 12.3. The zero-order valence-electron chi connectivity index (χ0n) is 16.3. The maximum Gasteiger partial charge on any atom is 0.228 e. The Morgan fingerprint density at radius 1 is 1.07 bits per heavy atom. The number of benzene rings is 2. The van der Waals surface area contributed by atoms with Gasteiger partial charge in [0, 0.05) is 37.6 Å². The van der Waals surface area contributed by atoms with Crippen LogP contribution in [0, 0.1) is 0 Å². The Morgan fingerprint density at radius 2 is 1.71 bits per heavy atom. The van der Waals surface area contributed by atoms with Crippen molar-refractivity contribution in [3.05, 3.63) is 54.1 Å². The van der Waals surface area contributed by atoms with Gasteiger partial charge in [0.1, 0.15) is 5.75 Å². The van der Waals surface area contributed by atoms with Crippen molar-refractivity contribution < 1.29 is 19.1 Å². The highest BCUT2D eigenvalue weighted by molar-refractivity contribution is 5.94. The Bertz CT molecular complexity index is 796. The van der Waals surface area contributed by atoms with E-state index in [2.05, 4.69) is 5.32 Å². The van der Waals surface area contributed by atoms with E-state index in [9.17, 15) is 9.59 Å². The van der Waals surface area contributed by atoms with E-state index in [-0.39, 0.29) is 24.3 Å². The summed E-state index contributed by atoms with van der Waals surface area (Å²) in [7, 11) is 1.61. The van der Waals surface area contributed by atoms with Crippen molar-refractivity contribution >= 4 is 23.2 Å². The average molecular weight is 382 g/mol. The summed E-state index contributed by atoms with van der Waals surface area (Å²) >= 11 is 0. The van der Waals surface area contributed by atoms with Crippen LogP contribution >= 0.6 is 0 Å². The Balaban J connectivity index is 1.62. The van der Waals surface area contributed by atoms with E-state index in [4.69, 9.17) is 9.47 Å². The molecule has 0 saturated carbocycles. The van der Waals surface area contributed by atoms with Crippen molar-refractivity contribution in [1.29, 1.82) is 0 Å². The fraction of sp³-hybridized carbons (Fsp3) is 0.364. The number of anilines is 2. The second-order valence-corrected chi connectivity index (χ2v) is 6.85. The summed E-state index contributed by atoms with van der Waals surface area (Å²) in [4.78, 5) is 26.3. The van der Waals surface area contributed by atoms with Crippen molar-refractivity contribution in [3.63, 3.8) is 0 Å². The van der Waals surface area contributed by atoms with Crippen molar-refractivity contribution in [1.82, 2.24) is 0 Å². The van der Waals surface area contributed by atoms with Crippen molar-refractivity contribution in [2.24, 2.45) is 0 Å². The minimum Gasteiger partial charge on any atom is -0.497 e. The quantitative estimate of drug-likeness (QED) is 0.831.